The maximum absolute atomic E-state index is 13.3. The standard InChI is InChI=1S/C23H20N2O2/c1-23(2)13-19-17(20(26)14-23)12-21-24(15-8-4-3-5-9-15)22(27)16-10-6-7-11-18(16)25(19)21/h3-12H,13-14H2,1-2H3. The summed E-state index contributed by atoms with van der Waals surface area (Å²) in [5, 5.41) is 0.656. The van der Waals surface area contributed by atoms with Crippen molar-refractivity contribution in [1.29, 1.82) is 0 Å². The van der Waals surface area contributed by atoms with Crippen molar-refractivity contribution in [3.05, 3.63) is 82.3 Å². The number of nitrogens with zero attached hydrogens (tertiary/aromatic N) is 2. The van der Waals surface area contributed by atoms with Crippen molar-refractivity contribution in [2.45, 2.75) is 26.7 Å². The van der Waals surface area contributed by atoms with Crippen LogP contribution in [-0.4, -0.2) is 14.8 Å². The van der Waals surface area contributed by atoms with Gasteiger partial charge in [0.1, 0.15) is 5.65 Å². The molecule has 5 rings (SSSR count). The lowest BCUT2D eigenvalue weighted by Gasteiger charge is -2.29. The maximum Gasteiger partial charge on any atom is 0.266 e. The van der Waals surface area contributed by atoms with Gasteiger partial charge in [0.2, 0.25) is 0 Å². The van der Waals surface area contributed by atoms with Gasteiger partial charge in [0.25, 0.3) is 5.56 Å². The molecule has 27 heavy (non-hydrogen) atoms. The summed E-state index contributed by atoms with van der Waals surface area (Å²) in [5.74, 6) is 0.154. The number of carbonyl (C=O) groups is 1. The molecule has 0 amide bonds. The quantitative estimate of drug-likeness (QED) is 0.507. The van der Waals surface area contributed by atoms with Crippen LogP contribution in [0.15, 0.2) is 65.5 Å². The lowest BCUT2D eigenvalue weighted by molar-refractivity contribution is 0.0911. The Morgan fingerprint density at radius 2 is 1.59 bits per heavy atom. The van der Waals surface area contributed by atoms with E-state index in [2.05, 4.69) is 18.2 Å². The predicted octanol–water partition coefficient (Wildman–Crippen LogP) is 4.40. The van der Waals surface area contributed by atoms with Gasteiger partial charge in [-0.2, -0.15) is 0 Å². The minimum Gasteiger partial charge on any atom is -0.298 e. The summed E-state index contributed by atoms with van der Waals surface area (Å²) in [6.07, 6.45) is 1.34. The first-order valence-corrected chi connectivity index (χ1v) is 9.23. The SMILES string of the molecule is CC1(C)CC(=O)c2cc3n(-c4ccccc4)c(=O)c4ccccc4n3c2C1. The van der Waals surface area contributed by atoms with Crippen LogP contribution in [0.25, 0.3) is 22.2 Å². The number of ketones is 1. The van der Waals surface area contributed by atoms with Gasteiger partial charge in [0.15, 0.2) is 5.78 Å². The van der Waals surface area contributed by atoms with Crippen molar-refractivity contribution < 1.29 is 4.79 Å². The molecule has 2 aromatic carbocycles. The van der Waals surface area contributed by atoms with Crippen LogP contribution in [0, 0.1) is 5.41 Å². The molecule has 0 atom stereocenters. The van der Waals surface area contributed by atoms with Gasteiger partial charge in [0, 0.05) is 17.7 Å². The Labute approximate surface area is 156 Å². The molecule has 0 saturated heterocycles. The topological polar surface area (TPSA) is 43.5 Å². The lowest BCUT2D eigenvalue weighted by atomic mass is 9.76. The number of rotatable bonds is 1. The fraction of sp³-hybridized carbons (Fsp3) is 0.217. The maximum atomic E-state index is 13.3. The van der Waals surface area contributed by atoms with E-state index in [-0.39, 0.29) is 16.8 Å². The van der Waals surface area contributed by atoms with Crippen molar-refractivity contribution in [3.63, 3.8) is 0 Å². The van der Waals surface area contributed by atoms with Crippen molar-refractivity contribution in [2.75, 3.05) is 0 Å². The Kier molecular flexibility index (Phi) is 3.23. The van der Waals surface area contributed by atoms with Crippen LogP contribution in [0.1, 0.15) is 36.3 Å². The third kappa shape index (κ3) is 2.29. The van der Waals surface area contributed by atoms with Crippen molar-refractivity contribution in [2.24, 2.45) is 5.41 Å². The molecule has 0 unspecified atom stereocenters. The summed E-state index contributed by atoms with van der Waals surface area (Å²) >= 11 is 0. The van der Waals surface area contributed by atoms with Crippen LogP contribution in [0.2, 0.25) is 0 Å². The summed E-state index contributed by atoms with van der Waals surface area (Å²) in [4.78, 5) is 26.2. The van der Waals surface area contributed by atoms with E-state index in [1.54, 1.807) is 4.57 Å². The second-order valence-electron chi connectivity index (χ2n) is 8.13. The summed E-state index contributed by atoms with van der Waals surface area (Å²) in [6.45, 7) is 4.26. The first-order chi connectivity index (χ1) is 13.0. The van der Waals surface area contributed by atoms with Gasteiger partial charge in [-0.25, -0.2) is 0 Å². The molecule has 0 aliphatic heterocycles. The number of hydrogen-bond donors (Lipinski definition) is 0. The van der Waals surface area contributed by atoms with Gasteiger partial charge < -0.3 is 0 Å². The zero-order chi connectivity index (χ0) is 18.8. The van der Waals surface area contributed by atoms with E-state index in [0.29, 0.717) is 11.8 Å². The highest BCUT2D eigenvalue weighted by molar-refractivity contribution is 6.01. The fourth-order valence-electron chi connectivity index (χ4n) is 4.33. The van der Waals surface area contributed by atoms with E-state index in [1.165, 1.54) is 0 Å². The molecule has 0 spiro atoms. The highest BCUT2D eigenvalue weighted by atomic mass is 16.1. The molecule has 1 aliphatic rings. The molecule has 4 heteroatoms. The zero-order valence-corrected chi connectivity index (χ0v) is 15.4. The Morgan fingerprint density at radius 3 is 2.37 bits per heavy atom. The molecule has 1 aliphatic carbocycles. The lowest BCUT2D eigenvalue weighted by Crippen LogP contribution is -2.27. The van der Waals surface area contributed by atoms with E-state index in [1.807, 2.05) is 60.7 Å². The van der Waals surface area contributed by atoms with Crippen LogP contribution in [0.5, 0.6) is 0 Å². The predicted molar refractivity (Wildman–Crippen MR) is 107 cm³/mol. The Hall–Kier alpha value is -3.14. The largest absolute Gasteiger partial charge is 0.298 e. The van der Waals surface area contributed by atoms with Crippen LogP contribution < -0.4 is 5.56 Å². The van der Waals surface area contributed by atoms with Crippen molar-refractivity contribution in [1.82, 2.24) is 8.97 Å². The van der Waals surface area contributed by atoms with Gasteiger partial charge in [0.05, 0.1) is 16.6 Å². The molecule has 0 N–H and O–H groups in total. The van der Waals surface area contributed by atoms with Crippen LogP contribution in [0.3, 0.4) is 0 Å². The van der Waals surface area contributed by atoms with Crippen LogP contribution in [-0.2, 0) is 6.42 Å². The number of para-hydroxylation sites is 2. The van der Waals surface area contributed by atoms with Crippen molar-refractivity contribution in [3.8, 4) is 5.69 Å². The van der Waals surface area contributed by atoms with Gasteiger partial charge in [-0.1, -0.05) is 44.2 Å². The molecule has 4 nitrogen and oxygen atoms in total. The minimum absolute atomic E-state index is 0.0640. The molecule has 2 heterocycles. The van der Waals surface area contributed by atoms with E-state index < -0.39 is 0 Å². The Morgan fingerprint density at radius 1 is 0.889 bits per heavy atom. The summed E-state index contributed by atoms with van der Waals surface area (Å²) < 4.78 is 3.83. The van der Waals surface area contributed by atoms with Gasteiger partial charge >= 0.3 is 0 Å². The zero-order valence-electron chi connectivity index (χ0n) is 15.4. The summed E-state index contributed by atoms with van der Waals surface area (Å²) in [5.41, 5.74) is 4.01. The molecule has 2 aromatic heterocycles. The monoisotopic (exact) mass is 356 g/mol. The normalized spacial score (nSPS) is 16.0. The van der Waals surface area contributed by atoms with E-state index in [4.69, 9.17) is 0 Å². The molecular weight excluding hydrogens is 336 g/mol. The number of Topliss-reactive ketones (excluding diaryl/α,β-unsaturated/α-hetero) is 1. The Balaban J connectivity index is 2.01. The molecule has 134 valence electrons. The summed E-state index contributed by atoms with van der Waals surface area (Å²) in [6, 6.07) is 19.2. The third-order valence-electron chi connectivity index (χ3n) is 5.49. The highest BCUT2D eigenvalue weighted by Gasteiger charge is 2.34. The molecule has 0 radical (unpaired) electrons. The van der Waals surface area contributed by atoms with Crippen LogP contribution in [0.4, 0.5) is 0 Å². The summed E-state index contributed by atoms with van der Waals surface area (Å²) in [7, 11) is 0. The number of aromatic nitrogens is 2. The van der Waals surface area contributed by atoms with Gasteiger partial charge in [-0.05, 0) is 42.2 Å². The molecular formula is C23H20N2O2. The minimum atomic E-state index is -0.0901. The molecule has 0 fully saturated rings. The van der Waals surface area contributed by atoms with Gasteiger partial charge in [-0.3, -0.25) is 18.6 Å². The average Bonchev–Trinajstić information content (AvgIpc) is 3.01. The first-order valence-electron chi connectivity index (χ1n) is 9.23. The average molecular weight is 356 g/mol. The number of benzene rings is 2. The molecule has 0 saturated carbocycles. The molecule has 0 bridgehead atoms. The number of carbonyl (C=O) groups excluding carboxylic acids is 1. The van der Waals surface area contributed by atoms with E-state index in [0.717, 1.165) is 34.5 Å². The number of hydrogen-bond acceptors (Lipinski definition) is 2. The van der Waals surface area contributed by atoms with E-state index in [9.17, 15) is 9.59 Å². The fourth-order valence-corrected chi connectivity index (χ4v) is 4.33. The molecule has 4 aromatic rings. The van der Waals surface area contributed by atoms with Crippen molar-refractivity contribution >= 4 is 22.3 Å². The third-order valence-corrected chi connectivity index (χ3v) is 5.49. The van der Waals surface area contributed by atoms with Gasteiger partial charge in [-0.15, -0.1) is 0 Å². The highest BCUT2D eigenvalue weighted by Crippen LogP contribution is 2.37. The second kappa shape index (κ2) is 5.43. The van der Waals surface area contributed by atoms with Crippen LogP contribution >= 0.6 is 0 Å². The first kappa shape index (κ1) is 16.1. The van der Waals surface area contributed by atoms with E-state index >= 15 is 0 Å². The smallest absolute Gasteiger partial charge is 0.266 e. The second-order valence-corrected chi connectivity index (χ2v) is 8.13. The Bertz CT molecular complexity index is 1280. The number of fused-ring (bicyclic) bond motifs is 5.